The third-order valence-electron chi connectivity index (χ3n) is 5.99. The number of amides is 1. The van der Waals surface area contributed by atoms with E-state index in [1.165, 1.54) is 30.3 Å². The maximum atomic E-state index is 12.7. The Kier molecular flexibility index (Phi) is 6.82. The molecule has 0 saturated heterocycles. The van der Waals surface area contributed by atoms with Crippen molar-refractivity contribution in [1.29, 1.82) is 0 Å². The van der Waals surface area contributed by atoms with E-state index in [0.29, 0.717) is 28.3 Å². The molecule has 0 saturated carbocycles. The lowest BCUT2D eigenvalue weighted by atomic mass is 10.0. The molecule has 10 nitrogen and oxygen atoms in total. The lowest BCUT2D eigenvalue weighted by molar-refractivity contribution is -0.384. The van der Waals surface area contributed by atoms with E-state index in [1.54, 1.807) is 24.3 Å². The quantitative estimate of drug-likeness (QED) is 0.0933. The Hall–Kier alpha value is -5.03. The van der Waals surface area contributed by atoms with Crippen molar-refractivity contribution in [2.75, 3.05) is 5.32 Å². The fourth-order valence-corrected chi connectivity index (χ4v) is 4.19. The first-order valence-corrected chi connectivity index (χ1v) is 12.3. The Balaban J connectivity index is 1.31. The maximum absolute atomic E-state index is 12.7. The second kappa shape index (κ2) is 10.4. The highest BCUT2D eigenvalue weighted by Gasteiger charge is 2.20. The summed E-state index contributed by atoms with van der Waals surface area (Å²) in [5, 5.41) is 27.1. The number of nitro groups is 1. The predicted octanol–water partition coefficient (Wildman–Crippen LogP) is 6.62. The first kappa shape index (κ1) is 25.6. The summed E-state index contributed by atoms with van der Waals surface area (Å²) in [4.78, 5) is 28.0. The van der Waals surface area contributed by atoms with E-state index in [2.05, 4.69) is 29.5 Å². The number of fused-ring (bicyclic) bond motifs is 1. The van der Waals surface area contributed by atoms with Crippen molar-refractivity contribution in [3.63, 3.8) is 0 Å². The van der Waals surface area contributed by atoms with E-state index in [0.717, 1.165) is 5.56 Å². The molecular weight excluding hydrogens is 520 g/mol. The number of rotatable bonds is 6. The molecule has 0 aliphatic heterocycles. The second-order valence-corrected chi connectivity index (χ2v) is 9.39. The summed E-state index contributed by atoms with van der Waals surface area (Å²) in [5.41, 5.74) is 3.31. The Bertz CT molecular complexity index is 1740. The number of hydrogen-bond donors (Lipinski definition) is 3. The number of aromatic nitrogens is 1. The summed E-state index contributed by atoms with van der Waals surface area (Å²) in [6, 6.07) is 19.4. The number of phenols is 1. The lowest BCUT2D eigenvalue weighted by Crippen LogP contribution is -2.33. The number of oxazole rings is 1. The van der Waals surface area contributed by atoms with Gasteiger partial charge < -0.3 is 19.3 Å². The second-order valence-electron chi connectivity index (χ2n) is 8.98. The van der Waals surface area contributed by atoms with Crippen LogP contribution in [0.5, 0.6) is 5.75 Å². The Labute approximate surface area is 227 Å². The number of hydrogen-bond acceptors (Lipinski definition) is 8. The first-order valence-electron chi connectivity index (χ1n) is 11.9. The molecule has 196 valence electrons. The molecule has 3 aromatic carbocycles. The number of thiocarbonyl (C=S) groups is 1. The summed E-state index contributed by atoms with van der Waals surface area (Å²) in [5.74, 6) is -0.0174. The highest BCUT2D eigenvalue weighted by Crippen LogP contribution is 2.34. The van der Waals surface area contributed by atoms with Crippen LogP contribution in [0.2, 0.25) is 0 Å². The number of phenolic OH excluding ortho intramolecular Hbond substituents is 1. The van der Waals surface area contributed by atoms with Gasteiger partial charge in [0.05, 0.1) is 16.1 Å². The van der Waals surface area contributed by atoms with Crippen LogP contribution in [0.4, 0.5) is 11.4 Å². The molecule has 1 amide bonds. The van der Waals surface area contributed by atoms with Gasteiger partial charge in [-0.3, -0.25) is 20.2 Å². The average Bonchev–Trinajstić information content (AvgIpc) is 3.57. The summed E-state index contributed by atoms with van der Waals surface area (Å²) in [7, 11) is 0. The fraction of sp³-hybridized carbons (Fsp3) is 0.107. The lowest BCUT2D eigenvalue weighted by Gasteiger charge is -2.10. The van der Waals surface area contributed by atoms with Gasteiger partial charge in [0.25, 0.3) is 11.6 Å². The Morgan fingerprint density at radius 1 is 1.03 bits per heavy atom. The van der Waals surface area contributed by atoms with Gasteiger partial charge >= 0.3 is 0 Å². The van der Waals surface area contributed by atoms with Crippen LogP contribution in [0.25, 0.3) is 33.9 Å². The minimum Gasteiger partial charge on any atom is -0.507 e. The van der Waals surface area contributed by atoms with Gasteiger partial charge in [0.1, 0.15) is 17.0 Å². The molecule has 0 atom stereocenters. The van der Waals surface area contributed by atoms with Crippen molar-refractivity contribution in [2.45, 2.75) is 19.8 Å². The molecule has 0 unspecified atom stereocenters. The summed E-state index contributed by atoms with van der Waals surface area (Å²) >= 11 is 5.28. The molecule has 0 spiro atoms. The zero-order chi connectivity index (χ0) is 27.7. The summed E-state index contributed by atoms with van der Waals surface area (Å²) in [6.07, 6.45) is 0. The summed E-state index contributed by atoms with van der Waals surface area (Å²) in [6.45, 7) is 4.18. The van der Waals surface area contributed by atoms with Crippen LogP contribution in [-0.4, -0.2) is 26.0 Å². The molecule has 0 bridgehead atoms. The van der Waals surface area contributed by atoms with Crippen LogP contribution in [0.3, 0.4) is 0 Å². The van der Waals surface area contributed by atoms with Crippen molar-refractivity contribution in [2.24, 2.45) is 0 Å². The molecule has 39 heavy (non-hydrogen) atoms. The number of furan rings is 1. The summed E-state index contributed by atoms with van der Waals surface area (Å²) < 4.78 is 11.4. The number of para-hydroxylation sites is 1. The number of nitrogens with one attached hydrogen (secondary N) is 2. The highest BCUT2D eigenvalue weighted by molar-refractivity contribution is 7.80. The van der Waals surface area contributed by atoms with Gasteiger partial charge in [-0.05, 0) is 72.2 Å². The van der Waals surface area contributed by atoms with Crippen LogP contribution in [-0.2, 0) is 0 Å². The van der Waals surface area contributed by atoms with Crippen LogP contribution in [0.15, 0.2) is 81.6 Å². The number of aromatic hydroxyl groups is 1. The monoisotopic (exact) mass is 542 g/mol. The Morgan fingerprint density at radius 2 is 1.82 bits per heavy atom. The topological polar surface area (TPSA) is 144 Å². The minimum absolute atomic E-state index is 0.0283. The number of carbonyl (C=O) groups is 1. The van der Waals surface area contributed by atoms with Crippen molar-refractivity contribution in [1.82, 2.24) is 10.3 Å². The van der Waals surface area contributed by atoms with Gasteiger partial charge in [0.2, 0.25) is 5.89 Å². The van der Waals surface area contributed by atoms with Crippen LogP contribution in [0.1, 0.15) is 35.9 Å². The number of anilines is 1. The van der Waals surface area contributed by atoms with Gasteiger partial charge in [0.15, 0.2) is 16.5 Å². The molecule has 3 N–H and O–H groups in total. The number of nitrogens with zero attached hydrogens (tertiary/aromatic N) is 2. The third kappa shape index (κ3) is 5.34. The van der Waals surface area contributed by atoms with Gasteiger partial charge in [-0.25, -0.2) is 4.98 Å². The molecule has 11 heteroatoms. The van der Waals surface area contributed by atoms with Gasteiger partial charge in [-0.2, -0.15) is 0 Å². The van der Waals surface area contributed by atoms with Crippen LogP contribution >= 0.6 is 12.2 Å². The Morgan fingerprint density at radius 3 is 2.59 bits per heavy atom. The molecule has 5 rings (SSSR count). The predicted molar refractivity (Wildman–Crippen MR) is 150 cm³/mol. The van der Waals surface area contributed by atoms with Crippen molar-refractivity contribution >= 4 is 45.7 Å². The molecule has 0 aliphatic rings. The van der Waals surface area contributed by atoms with Crippen LogP contribution < -0.4 is 10.6 Å². The zero-order valence-electron chi connectivity index (χ0n) is 20.8. The molecule has 2 aromatic heterocycles. The molecule has 0 radical (unpaired) electrons. The molecule has 0 fully saturated rings. The van der Waals surface area contributed by atoms with Gasteiger partial charge in [0, 0.05) is 11.8 Å². The standard InChI is InChI=1S/C28H22N4O6S/c1-15(2)16-7-10-24-20(13-16)30-27(38-24)19-14-17(8-9-22(19)33)29-28(39)31-26(34)25-12-11-23(37-25)18-5-3-4-6-21(18)32(35)36/h3-15,33H,1-2H3,(H2,29,31,34,39). The zero-order valence-corrected chi connectivity index (χ0v) is 21.6. The van der Waals surface area contributed by atoms with Crippen molar-refractivity contribution in [3.05, 3.63) is 94.2 Å². The van der Waals surface area contributed by atoms with E-state index >= 15 is 0 Å². The van der Waals surface area contributed by atoms with E-state index in [4.69, 9.17) is 21.1 Å². The first-order chi connectivity index (χ1) is 18.7. The van der Waals surface area contributed by atoms with Gasteiger partial charge in [-0.1, -0.05) is 32.0 Å². The van der Waals surface area contributed by atoms with E-state index in [-0.39, 0.29) is 39.5 Å². The third-order valence-corrected chi connectivity index (χ3v) is 6.19. The van der Waals surface area contributed by atoms with Gasteiger partial charge in [-0.15, -0.1) is 0 Å². The minimum atomic E-state index is -0.642. The highest BCUT2D eigenvalue weighted by atomic mass is 32.1. The number of carbonyl (C=O) groups excluding carboxylic acids is 1. The largest absolute Gasteiger partial charge is 0.507 e. The number of nitro benzene ring substituents is 1. The molecule has 2 heterocycles. The SMILES string of the molecule is CC(C)c1ccc2oc(-c3cc(NC(=S)NC(=O)c4ccc(-c5ccccc5[N+](=O)[O-])o4)ccc3O)nc2c1. The smallest absolute Gasteiger partial charge is 0.293 e. The van der Waals surface area contributed by atoms with E-state index in [9.17, 15) is 20.0 Å². The number of benzene rings is 3. The van der Waals surface area contributed by atoms with E-state index < -0.39 is 10.8 Å². The molecule has 5 aromatic rings. The van der Waals surface area contributed by atoms with Crippen molar-refractivity contribution in [3.8, 4) is 28.5 Å². The fourth-order valence-electron chi connectivity index (χ4n) is 3.98. The average molecular weight is 543 g/mol. The maximum Gasteiger partial charge on any atom is 0.293 e. The van der Waals surface area contributed by atoms with Crippen LogP contribution in [0, 0.1) is 10.1 Å². The molecule has 0 aliphatic carbocycles. The van der Waals surface area contributed by atoms with E-state index in [1.807, 2.05) is 18.2 Å². The van der Waals surface area contributed by atoms with Crippen molar-refractivity contribution < 1.29 is 23.7 Å². The normalized spacial score (nSPS) is 11.1. The molecular formula is C28H22N4O6S.